The molecule has 0 heterocycles. The molecule has 5 heavy (non-hydrogen) atoms. The minimum Gasteiger partial charge on any atom is -0.234 e. The van der Waals surface area contributed by atoms with Gasteiger partial charge in [-0.2, -0.15) is 0 Å². The van der Waals surface area contributed by atoms with Crippen LogP contribution in [0.25, 0.3) is 0 Å². The van der Waals surface area contributed by atoms with Gasteiger partial charge in [0.15, 0.2) is 0 Å². The van der Waals surface area contributed by atoms with Crippen LogP contribution in [0.2, 0.25) is 0 Å². The molecule has 3 heteroatoms. The highest BCUT2D eigenvalue weighted by atomic mass is 35.7. The molecule has 0 saturated heterocycles. The molecule has 0 rings (SSSR count). The summed E-state index contributed by atoms with van der Waals surface area (Å²) in [5.41, 5.74) is 0. The maximum atomic E-state index is 8.40. The maximum absolute atomic E-state index is 8.40. The summed E-state index contributed by atoms with van der Waals surface area (Å²) in [5, 5.41) is 0. The molecule has 0 saturated carbocycles. The SMILES string of the molecule is C[P+](C)(O)Cl. The van der Waals surface area contributed by atoms with E-state index in [9.17, 15) is 0 Å². The zero-order chi connectivity index (χ0) is 4.50. The topological polar surface area (TPSA) is 20.2 Å². The van der Waals surface area contributed by atoms with Crippen LogP contribution in [0.3, 0.4) is 0 Å². The predicted molar refractivity (Wildman–Crippen MR) is 26.8 cm³/mol. The van der Waals surface area contributed by atoms with Crippen LogP contribution in [0, 0.1) is 0 Å². The van der Waals surface area contributed by atoms with Gasteiger partial charge in [0, 0.05) is 0 Å². The zero-order valence-corrected chi connectivity index (χ0v) is 4.92. The lowest BCUT2D eigenvalue weighted by molar-refractivity contribution is 0.630. The Morgan fingerprint density at radius 2 is 1.60 bits per heavy atom. The van der Waals surface area contributed by atoms with Crippen molar-refractivity contribution in [2.45, 2.75) is 0 Å². The molecule has 0 amide bonds. The summed E-state index contributed by atoms with van der Waals surface area (Å²) in [4.78, 5) is 8.40. The number of hydrogen-bond donors (Lipinski definition) is 1. The van der Waals surface area contributed by atoms with Crippen molar-refractivity contribution < 1.29 is 4.89 Å². The first-order chi connectivity index (χ1) is 2.00. The van der Waals surface area contributed by atoms with Crippen LogP contribution in [0.4, 0.5) is 0 Å². The summed E-state index contributed by atoms with van der Waals surface area (Å²) in [7, 11) is 0. The van der Waals surface area contributed by atoms with E-state index in [4.69, 9.17) is 16.1 Å². The third-order valence-electron chi connectivity index (χ3n) is 0. The Morgan fingerprint density at radius 1 is 1.60 bits per heavy atom. The molecule has 0 aromatic carbocycles. The molecule has 1 N–H and O–H groups in total. The Morgan fingerprint density at radius 3 is 1.60 bits per heavy atom. The molecule has 0 atom stereocenters. The summed E-state index contributed by atoms with van der Waals surface area (Å²) in [6.07, 6.45) is 0. The van der Waals surface area contributed by atoms with Gasteiger partial charge in [0.1, 0.15) is 11.2 Å². The van der Waals surface area contributed by atoms with E-state index in [1.807, 2.05) is 0 Å². The van der Waals surface area contributed by atoms with Crippen molar-refractivity contribution in [2.24, 2.45) is 0 Å². The fourth-order valence-electron chi connectivity index (χ4n) is 0. The third kappa shape index (κ3) is 72.7. The summed E-state index contributed by atoms with van der Waals surface area (Å²) in [6, 6.07) is 0. The quantitative estimate of drug-likeness (QED) is 0.470. The molecular formula is C2H7ClOP+. The van der Waals surface area contributed by atoms with E-state index in [2.05, 4.69) is 0 Å². The van der Waals surface area contributed by atoms with Crippen LogP contribution in [-0.2, 0) is 0 Å². The third-order valence-corrected chi connectivity index (χ3v) is 0. The van der Waals surface area contributed by atoms with Gasteiger partial charge < -0.3 is 0 Å². The van der Waals surface area contributed by atoms with Gasteiger partial charge in [-0.15, -0.1) is 0 Å². The van der Waals surface area contributed by atoms with Gasteiger partial charge >= 0.3 is 0 Å². The van der Waals surface area contributed by atoms with Crippen molar-refractivity contribution >= 4 is 18.1 Å². The van der Waals surface area contributed by atoms with E-state index in [0.717, 1.165) is 0 Å². The molecule has 0 fully saturated rings. The van der Waals surface area contributed by atoms with Gasteiger partial charge in [0.05, 0.1) is 13.3 Å². The van der Waals surface area contributed by atoms with Crippen LogP contribution < -0.4 is 0 Å². The first kappa shape index (κ1) is 5.68. The Kier molecular flexibility index (Phi) is 1.61. The van der Waals surface area contributed by atoms with Gasteiger partial charge in [0.25, 0.3) is 0 Å². The smallest absolute Gasteiger partial charge is 0.233 e. The van der Waals surface area contributed by atoms with E-state index >= 15 is 0 Å². The number of halogens is 1. The Hall–Kier alpha value is 0.680. The lowest BCUT2D eigenvalue weighted by Crippen LogP contribution is -1.66. The number of rotatable bonds is 0. The van der Waals surface area contributed by atoms with E-state index in [0.29, 0.717) is 0 Å². The molecule has 0 radical (unpaired) electrons. The van der Waals surface area contributed by atoms with Crippen molar-refractivity contribution in [1.82, 2.24) is 0 Å². The fourth-order valence-corrected chi connectivity index (χ4v) is 0. The largest absolute Gasteiger partial charge is 0.234 e. The highest BCUT2D eigenvalue weighted by Crippen LogP contribution is 2.51. The summed E-state index contributed by atoms with van der Waals surface area (Å²) >= 11 is 5.20. The maximum Gasteiger partial charge on any atom is 0.233 e. The van der Waals surface area contributed by atoms with Crippen molar-refractivity contribution in [3.63, 3.8) is 0 Å². The first-order valence-electron chi connectivity index (χ1n) is 1.26. The van der Waals surface area contributed by atoms with Crippen molar-refractivity contribution in [3.05, 3.63) is 0 Å². The Bertz CT molecular complexity index is 25.1. The second-order valence-corrected chi connectivity index (χ2v) is 6.26. The number of hydrogen-bond acceptors (Lipinski definition) is 1. The lowest BCUT2D eigenvalue weighted by Gasteiger charge is -1.88. The average molecular weight is 114 g/mol. The van der Waals surface area contributed by atoms with Crippen LogP contribution in [-0.4, -0.2) is 18.2 Å². The zero-order valence-electron chi connectivity index (χ0n) is 3.27. The predicted octanol–water partition coefficient (Wildman–Crippen LogP) is 1.32. The minimum absolute atomic E-state index is 1.62. The van der Waals surface area contributed by atoms with Crippen LogP contribution in [0.15, 0.2) is 0 Å². The van der Waals surface area contributed by atoms with Crippen LogP contribution in [0.5, 0.6) is 0 Å². The summed E-state index contributed by atoms with van der Waals surface area (Å²) < 4.78 is 0. The molecule has 0 aliphatic heterocycles. The monoisotopic (exact) mass is 113 g/mol. The van der Waals surface area contributed by atoms with E-state index < -0.39 is 6.84 Å². The van der Waals surface area contributed by atoms with Gasteiger partial charge in [-0.05, 0) is 0 Å². The van der Waals surface area contributed by atoms with Crippen molar-refractivity contribution in [1.29, 1.82) is 0 Å². The highest BCUT2D eigenvalue weighted by Gasteiger charge is 2.13. The fraction of sp³-hybridized carbons (Fsp3) is 1.00. The van der Waals surface area contributed by atoms with Crippen molar-refractivity contribution in [2.75, 3.05) is 13.3 Å². The van der Waals surface area contributed by atoms with Gasteiger partial charge in [-0.3, -0.25) is 0 Å². The second-order valence-electron chi connectivity index (χ2n) is 1.26. The molecule has 0 spiro atoms. The second kappa shape index (κ2) is 1.42. The van der Waals surface area contributed by atoms with Gasteiger partial charge in [-0.1, -0.05) is 0 Å². The van der Waals surface area contributed by atoms with Crippen LogP contribution >= 0.6 is 18.1 Å². The molecule has 0 unspecified atom stereocenters. The molecular weight excluding hydrogens is 106 g/mol. The van der Waals surface area contributed by atoms with Gasteiger partial charge in [-0.25, -0.2) is 4.89 Å². The summed E-state index contributed by atoms with van der Waals surface area (Å²) in [5.74, 6) is 0. The molecule has 0 bridgehead atoms. The van der Waals surface area contributed by atoms with E-state index in [1.54, 1.807) is 13.3 Å². The molecule has 1 nitrogen and oxygen atoms in total. The minimum atomic E-state index is -1.92. The standard InChI is InChI=1S/C2H7ClOP/c1-5(2,3)4/h4H,1-2H3/q+1. The van der Waals surface area contributed by atoms with Crippen LogP contribution in [0.1, 0.15) is 0 Å². The van der Waals surface area contributed by atoms with Crippen molar-refractivity contribution in [3.8, 4) is 0 Å². The molecule has 0 aliphatic rings. The lowest BCUT2D eigenvalue weighted by atomic mass is 11.9. The Balaban J connectivity index is 3.02. The average Bonchev–Trinajstić information content (AvgIpc) is 0.722. The van der Waals surface area contributed by atoms with E-state index in [-0.39, 0.29) is 0 Å². The molecule has 0 aliphatic carbocycles. The molecule has 32 valence electrons. The molecule has 0 aromatic rings. The highest BCUT2D eigenvalue weighted by molar-refractivity contribution is 7.93. The van der Waals surface area contributed by atoms with E-state index in [1.165, 1.54) is 0 Å². The summed E-state index contributed by atoms with van der Waals surface area (Å²) in [6.45, 7) is 1.32. The molecule has 0 aromatic heterocycles. The van der Waals surface area contributed by atoms with Gasteiger partial charge in [0.2, 0.25) is 6.84 Å². The normalized spacial score (nSPS) is 12.0. The Labute approximate surface area is 37.2 Å². The first-order valence-corrected chi connectivity index (χ1v) is 4.80.